The topological polar surface area (TPSA) is 66.6 Å². The van der Waals surface area contributed by atoms with Crippen molar-refractivity contribution in [3.8, 4) is 0 Å². The first-order valence-corrected chi connectivity index (χ1v) is 5.50. The third kappa shape index (κ3) is 2.51. The molecule has 94 valence electrons. The molecule has 2 aromatic heterocycles. The van der Waals surface area contributed by atoms with Crippen molar-refractivity contribution in [1.29, 1.82) is 0 Å². The molecule has 0 saturated heterocycles. The SMILES string of the molecule is Cc1cc(N(C)Cc2ccoc2)c(C(=O)O)cn1. The summed E-state index contributed by atoms with van der Waals surface area (Å²) >= 11 is 0. The van der Waals surface area contributed by atoms with E-state index in [4.69, 9.17) is 9.52 Å². The second-order valence-electron chi connectivity index (χ2n) is 4.14. The summed E-state index contributed by atoms with van der Waals surface area (Å²) in [5.41, 5.74) is 2.63. The van der Waals surface area contributed by atoms with Gasteiger partial charge in [-0.05, 0) is 19.1 Å². The molecule has 0 spiro atoms. The van der Waals surface area contributed by atoms with Crippen LogP contribution in [0.3, 0.4) is 0 Å². The monoisotopic (exact) mass is 246 g/mol. The van der Waals surface area contributed by atoms with E-state index in [0.29, 0.717) is 12.2 Å². The summed E-state index contributed by atoms with van der Waals surface area (Å²) in [6, 6.07) is 3.62. The lowest BCUT2D eigenvalue weighted by Crippen LogP contribution is -2.19. The zero-order chi connectivity index (χ0) is 13.1. The zero-order valence-electron chi connectivity index (χ0n) is 10.3. The highest BCUT2D eigenvalue weighted by atomic mass is 16.4. The van der Waals surface area contributed by atoms with E-state index in [1.54, 1.807) is 18.6 Å². The maximum Gasteiger partial charge on any atom is 0.339 e. The van der Waals surface area contributed by atoms with E-state index in [9.17, 15) is 4.79 Å². The first-order chi connectivity index (χ1) is 8.58. The minimum absolute atomic E-state index is 0.201. The zero-order valence-corrected chi connectivity index (χ0v) is 10.3. The van der Waals surface area contributed by atoms with Crippen LogP contribution in [-0.2, 0) is 6.54 Å². The fraction of sp³-hybridized carbons (Fsp3) is 0.231. The van der Waals surface area contributed by atoms with Crippen LogP contribution in [0.2, 0.25) is 0 Å². The number of nitrogens with zero attached hydrogens (tertiary/aromatic N) is 2. The Kier molecular flexibility index (Phi) is 3.32. The molecule has 2 aromatic rings. The van der Waals surface area contributed by atoms with Gasteiger partial charge in [-0.3, -0.25) is 4.98 Å². The maximum absolute atomic E-state index is 11.2. The molecule has 0 bridgehead atoms. The van der Waals surface area contributed by atoms with Crippen molar-refractivity contribution in [1.82, 2.24) is 4.98 Å². The normalized spacial score (nSPS) is 10.3. The van der Waals surface area contributed by atoms with Gasteiger partial charge in [0.05, 0.1) is 18.2 Å². The quantitative estimate of drug-likeness (QED) is 0.896. The summed E-state index contributed by atoms with van der Waals surface area (Å²) < 4.78 is 5.00. The molecule has 0 fully saturated rings. The summed E-state index contributed by atoms with van der Waals surface area (Å²) in [7, 11) is 1.84. The van der Waals surface area contributed by atoms with Gasteiger partial charge < -0.3 is 14.4 Å². The van der Waals surface area contributed by atoms with Crippen LogP contribution >= 0.6 is 0 Å². The molecule has 0 amide bonds. The first-order valence-electron chi connectivity index (χ1n) is 5.50. The average molecular weight is 246 g/mol. The standard InChI is InChI=1S/C13H14N2O3/c1-9-5-12(11(6-14-9)13(16)17)15(2)7-10-3-4-18-8-10/h3-6,8H,7H2,1-2H3,(H,16,17). The minimum Gasteiger partial charge on any atom is -0.478 e. The van der Waals surface area contributed by atoms with E-state index in [2.05, 4.69) is 4.98 Å². The summed E-state index contributed by atoms with van der Waals surface area (Å²) in [5, 5.41) is 9.15. The fourth-order valence-corrected chi connectivity index (χ4v) is 1.77. The fourth-order valence-electron chi connectivity index (χ4n) is 1.77. The number of hydrogen-bond donors (Lipinski definition) is 1. The molecule has 0 aliphatic carbocycles. The van der Waals surface area contributed by atoms with E-state index in [-0.39, 0.29) is 5.56 Å². The third-order valence-corrected chi connectivity index (χ3v) is 2.66. The van der Waals surface area contributed by atoms with Gasteiger partial charge in [-0.2, -0.15) is 0 Å². The number of aryl methyl sites for hydroxylation is 1. The molecule has 2 rings (SSSR count). The largest absolute Gasteiger partial charge is 0.478 e. The van der Waals surface area contributed by atoms with Crippen molar-refractivity contribution in [3.05, 3.63) is 47.7 Å². The predicted octanol–water partition coefficient (Wildman–Crippen LogP) is 2.32. The number of aromatic nitrogens is 1. The van der Waals surface area contributed by atoms with Crippen LogP contribution in [0.4, 0.5) is 5.69 Å². The number of hydrogen-bond acceptors (Lipinski definition) is 4. The number of carboxylic acids is 1. The van der Waals surface area contributed by atoms with Gasteiger partial charge in [-0.1, -0.05) is 0 Å². The molecule has 18 heavy (non-hydrogen) atoms. The van der Waals surface area contributed by atoms with E-state index < -0.39 is 5.97 Å². The van der Waals surface area contributed by atoms with Crippen molar-refractivity contribution in [2.24, 2.45) is 0 Å². The van der Waals surface area contributed by atoms with Gasteiger partial charge in [0.1, 0.15) is 5.56 Å². The van der Waals surface area contributed by atoms with Gasteiger partial charge in [-0.25, -0.2) is 4.79 Å². The van der Waals surface area contributed by atoms with Crippen LogP contribution in [0.15, 0.2) is 35.3 Å². The number of aromatic carboxylic acids is 1. The van der Waals surface area contributed by atoms with Crippen molar-refractivity contribution < 1.29 is 14.3 Å². The van der Waals surface area contributed by atoms with Gasteiger partial charge in [0.15, 0.2) is 0 Å². The molecular weight excluding hydrogens is 232 g/mol. The van der Waals surface area contributed by atoms with E-state index in [1.807, 2.05) is 24.9 Å². The Morgan fingerprint density at radius 1 is 1.56 bits per heavy atom. The lowest BCUT2D eigenvalue weighted by atomic mass is 10.2. The van der Waals surface area contributed by atoms with E-state index >= 15 is 0 Å². The number of carboxylic acid groups (broad SMARTS) is 1. The van der Waals surface area contributed by atoms with Crippen LogP contribution in [0, 0.1) is 6.92 Å². The molecule has 1 N–H and O–H groups in total. The Labute approximate surface area is 105 Å². The van der Waals surface area contributed by atoms with Crippen molar-refractivity contribution >= 4 is 11.7 Å². The van der Waals surface area contributed by atoms with Crippen LogP contribution in [0.5, 0.6) is 0 Å². The van der Waals surface area contributed by atoms with Gasteiger partial charge >= 0.3 is 5.97 Å². The molecule has 0 atom stereocenters. The van der Waals surface area contributed by atoms with E-state index in [0.717, 1.165) is 11.3 Å². The average Bonchev–Trinajstić information content (AvgIpc) is 2.81. The third-order valence-electron chi connectivity index (χ3n) is 2.66. The molecule has 5 nitrogen and oxygen atoms in total. The van der Waals surface area contributed by atoms with Crippen molar-refractivity contribution in [2.45, 2.75) is 13.5 Å². The molecule has 2 heterocycles. The molecule has 0 aliphatic heterocycles. The van der Waals surface area contributed by atoms with Crippen LogP contribution in [-0.4, -0.2) is 23.1 Å². The molecule has 0 aromatic carbocycles. The Hall–Kier alpha value is -2.30. The summed E-state index contributed by atoms with van der Waals surface area (Å²) in [4.78, 5) is 17.0. The van der Waals surface area contributed by atoms with Gasteiger partial charge in [-0.15, -0.1) is 0 Å². The first kappa shape index (κ1) is 12.2. The predicted molar refractivity (Wildman–Crippen MR) is 66.7 cm³/mol. The Morgan fingerprint density at radius 2 is 2.33 bits per heavy atom. The minimum atomic E-state index is -0.975. The Morgan fingerprint density at radius 3 is 2.94 bits per heavy atom. The molecule has 0 unspecified atom stereocenters. The molecule has 5 heteroatoms. The Bertz CT molecular complexity index is 549. The van der Waals surface area contributed by atoms with Crippen LogP contribution in [0.25, 0.3) is 0 Å². The van der Waals surface area contributed by atoms with Gasteiger partial charge in [0.25, 0.3) is 0 Å². The molecular formula is C13H14N2O3. The van der Waals surface area contributed by atoms with E-state index in [1.165, 1.54) is 6.20 Å². The second kappa shape index (κ2) is 4.91. The van der Waals surface area contributed by atoms with Crippen molar-refractivity contribution in [3.63, 3.8) is 0 Å². The number of furan rings is 1. The van der Waals surface area contributed by atoms with Gasteiger partial charge in [0, 0.05) is 31.0 Å². The number of anilines is 1. The number of carbonyl (C=O) groups is 1. The lowest BCUT2D eigenvalue weighted by Gasteiger charge is -2.20. The number of rotatable bonds is 4. The lowest BCUT2D eigenvalue weighted by molar-refractivity contribution is 0.0697. The van der Waals surface area contributed by atoms with Crippen LogP contribution in [0.1, 0.15) is 21.6 Å². The van der Waals surface area contributed by atoms with Crippen LogP contribution < -0.4 is 4.90 Å². The highest BCUT2D eigenvalue weighted by Gasteiger charge is 2.14. The second-order valence-corrected chi connectivity index (χ2v) is 4.14. The maximum atomic E-state index is 11.2. The summed E-state index contributed by atoms with van der Waals surface area (Å²) in [6.07, 6.45) is 4.63. The number of pyridine rings is 1. The Balaban J connectivity index is 2.31. The smallest absolute Gasteiger partial charge is 0.339 e. The molecule has 0 saturated carbocycles. The highest BCUT2D eigenvalue weighted by Crippen LogP contribution is 2.21. The summed E-state index contributed by atoms with van der Waals surface area (Å²) in [6.45, 7) is 2.42. The summed E-state index contributed by atoms with van der Waals surface area (Å²) in [5.74, 6) is -0.975. The van der Waals surface area contributed by atoms with Crippen molar-refractivity contribution in [2.75, 3.05) is 11.9 Å². The highest BCUT2D eigenvalue weighted by molar-refractivity contribution is 5.94. The van der Waals surface area contributed by atoms with Gasteiger partial charge in [0.2, 0.25) is 0 Å². The molecule has 0 aliphatic rings. The molecule has 0 radical (unpaired) electrons.